The fourth-order valence-corrected chi connectivity index (χ4v) is 5.23. The lowest BCUT2D eigenvalue weighted by atomic mass is 9.99. The molecule has 1 amide bonds. The number of halogens is 2. The molecule has 2 aliphatic rings. The van der Waals surface area contributed by atoms with Gasteiger partial charge in [0.2, 0.25) is 10.0 Å². The first kappa shape index (κ1) is 16.3. The highest BCUT2D eigenvalue weighted by Crippen LogP contribution is 2.37. The van der Waals surface area contributed by atoms with Crippen LogP contribution in [0.4, 0.5) is 8.78 Å². The fraction of sp³-hybridized carbons (Fsp3) is 0.533. The first-order chi connectivity index (χ1) is 10.8. The molecule has 1 aromatic rings. The van der Waals surface area contributed by atoms with E-state index in [1.165, 1.54) is 16.6 Å². The molecule has 2 bridgehead atoms. The first-order valence-electron chi connectivity index (χ1n) is 7.50. The van der Waals surface area contributed by atoms with Gasteiger partial charge >= 0.3 is 0 Å². The highest BCUT2D eigenvalue weighted by molar-refractivity contribution is 7.88. The second kappa shape index (κ2) is 5.83. The zero-order chi connectivity index (χ0) is 16.8. The van der Waals surface area contributed by atoms with Crippen LogP contribution in [0.5, 0.6) is 0 Å². The number of nitrogens with zero attached hydrogens (tertiary/aromatic N) is 1. The van der Waals surface area contributed by atoms with Gasteiger partial charge in [-0.15, -0.1) is 0 Å². The minimum Gasteiger partial charge on any atom is -0.349 e. The van der Waals surface area contributed by atoms with Gasteiger partial charge in [0, 0.05) is 18.1 Å². The molecule has 3 rings (SSSR count). The Bertz CT molecular complexity index is 704. The summed E-state index contributed by atoms with van der Waals surface area (Å²) in [6.07, 6.45) is 3.61. The Kier molecular flexibility index (Phi) is 4.14. The van der Waals surface area contributed by atoms with Crippen molar-refractivity contribution in [2.75, 3.05) is 6.26 Å². The van der Waals surface area contributed by atoms with Gasteiger partial charge in [-0.3, -0.25) is 4.79 Å². The van der Waals surface area contributed by atoms with Gasteiger partial charge in [-0.25, -0.2) is 17.2 Å². The molecular weight excluding hydrogens is 326 g/mol. The van der Waals surface area contributed by atoms with Crippen LogP contribution < -0.4 is 5.32 Å². The molecule has 2 unspecified atom stereocenters. The third kappa shape index (κ3) is 3.10. The van der Waals surface area contributed by atoms with Crippen LogP contribution in [-0.4, -0.2) is 43.0 Å². The summed E-state index contributed by atoms with van der Waals surface area (Å²) >= 11 is 0. The summed E-state index contributed by atoms with van der Waals surface area (Å²) in [6.45, 7) is 0. The molecule has 126 valence electrons. The number of fused-ring (bicyclic) bond motifs is 2. The van der Waals surface area contributed by atoms with E-state index in [4.69, 9.17) is 0 Å². The van der Waals surface area contributed by atoms with E-state index in [0.29, 0.717) is 12.8 Å². The highest BCUT2D eigenvalue weighted by Gasteiger charge is 2.45. The number of benzene rings is 1. The molecule has 2 aliphatic heterocycles. The number of piperidine rings is 1. The lowest BCUT2D eigenvalue weighted by Gasteiger charge is -2.37. The Labute approximate surface area is 133 Å². The van der Waals surface area contributed by atoms with Crippen molar-refractivity contribution >= 4 is 15.9 Å². The Morgan fingerprint density at radius 1 is 1.17 bits per heavy atom. The molecule has 23 heavy (non-hydrogen) atoms. The molecule has 2 atom stereocenters. The second-order valence-electron chi connectivity index (χ2n) is 6.22. The maximum absolute atomic E-state index is 13.7. The van der Waals surface area contributed by atoms with Crippen molar-refractivity contribution in [3.8, 4) is 0 Å². The lowest BCUT2D eigenvalue weighted by molar-refractivity contribution is 0.0901. The Morgan fingerprint density at radius 3 is 2.17 bits per heavy atom. The average molecular weight is 344 g/mol. The summed E-state index contributed by atoms with van der Waals surface area (Å²) in [7, 11) is -3.28. The molecule has 0 aromatic heterocycles. The lowest BCUT2D eigenvalue weighted by Crippen LogP contribution is -2.52. The standard InChI is InChI=1S/C15H18F2N2O3S/c1-23(21,22)19-10-5-6-11(19)8-9(7-10)18-15(20)14-12(16)3-2-4-13(14)17/h2-4,9-11H,5-8H2,1H3,(H,18,20). The number of amides is 1. The van der Waals surface area contributed by atoms with E-state index in [9.17, 15) is 22.0 Å². The van der Waals surface area contributed by atoms with Crippen LogP contribution in [0.1, 0.15) is 36.0 Å². The largest absolute Gasteiger partial charge is 0.349 e. The van der Waals surface area contributed by atoms with E-state index in [0.717, 1.165) is 25.0 Å². The molecule has 1 aromatic carbocycles. The van der Waals surface area contributed by atoms with E-state index >= 15 is 0 Å². The van der Waals surface area contributed by atoms with Crippen molar-refractivity contribution in [1.82, 2.24) is 9.62 Å². The highest BCUT2D eigenvalue weighted by atomic mass is 32.2. The minimum atomic E-state index is -3.28. The van der Waals surface area contributed by atoms with Crippen molar-refractivity contribution < 1.29 is 22.0 Å². The molecule has 0 saturated carbocycles. The maximum Gasteiger partial charge on any atom is 0.257 e. The van der Waals surface area contributed by atoms with E-state index in [2.05, 4.69) is 5.32 Å². The predicted molar refractivity (Wildman–Crippen MR) is 80.3 cm³/mol. The van der Waals surface area contributed by atoms with E-state index < -0.39 is 33.1 Å². The Morgan fingerprint density at radius 2 is 1.70 bits per heavy atom. The molecule has 2 fully saturated rings. The number of sulfonamides is 1. The van der Waals surface area contributed by atoms with Crippen LogP contribution in [0.2, 0.25) is 0 Å². The SMILES string of the molecule is CS(=O)(=O)N1C2CCC1CC(NC(=O)c1c(F)cccc1F)C2. The van der Waals surface area contributed by atoms with Gasteiger partial charge in [0.05, 0.1) is 6.26 Å². The van der Waals surface area contributed by atoms with E-state index in [1.807, 2.05) is 0 Å². The normalized spacial score (nSPS) is 27.9. The molecular formula is C15H18F2N2O3S. The van der Waals surface area contributed by atoms with Gasteiger partial charge in [-0.1, -0.05) is 6.07 Å². The summed E-state index contributed by atoms with van der Waals surface area (Å²) in [4.78, 5) is 12.1. The van der Waals surface area contributed by atoms with Gasteiger partial charge in [-0.2, -0.15) is 4.31 Å². The number of hydrogen-bond donors (Lipinski definition) is 1. The predicted octanol–water partition coefficient (Wildman–Crippen LogP) is 1.65. The zero-order valence-corrected chi connectivity index (χ0v) is 13.4. The van der Waals surface area contributed by atoms with Crippen LogP contribution >= 0.6 is 0 Å². The zero-order valence-electron chi connectivity index (χ0n) is 12.6. The smallest absolute Gasteiger partial charge is 0.257 e. The van der Waals surface area contributed by atoms with Crippen molar-refractivity contribution in [2.45, 2.75) is 43.8 Å². The van der Waals surface area contributed by atoms with Crippen LogP contribution in [0, 0.1) is 11.6 Å². The maximum atomic E-state index is 13.7. The summed E-state index contributed by atoms with van der Waals surface area (Å²) in [6, 6.07) is 2.68. The molecule has 5 nitrogen and oxygen atoms in total. The number of nitrogens with one attached hydrogen (secondary N) is 1. The van der Waals surface area contributed by atoms with Crippen molar-refractivity contribution in [1.29, 1.82) is 0 Å². The van der Waals surface area contributed by atoms with Crippen LogP contribution in [0.3, 0.4) is 0 Å². The first-order valence-corrected chi connectivity index (χ1v) is 9.35. The molecule has 2 heterocycles. The molecule has 0 spiro atoms. The van der Waals surface area contributed by atoms with Gasteiger partial charge in [-0.05, 0) is 37.8 Å². The summed E-state index contributed by atoms with van der Waals surface area (Å²) in [5.41, 5.74) is -0.592. The fourth-order valence-electron chi connectivity index (χ4n) is 3.77. The minimum absolute atomic E-state index is 0.153. The van der Waals surface area contributed by atoms with Crippen LogP contribution in [0.15, 0.2) is 18.2 Å². The van der Waals surface area contributed by atoms with E-state index in [-0.39, 0.29) is 18.1 Å². The number of hydrogen-bond acceptors (Lipinski definition) is 3. The topological polar surface area (TPSA) is 66.5 Å². The quantitative estimate of drug-likeness (QED) is 0.907. The Hall–Kier alpha value is -1.54. The van der Waals surface area contributed by atoms with Gasteiger partial charge in [0.1, 0.15) is 17.2 Å². The van der Waals surface area contributed by atoms with E-state index in [1.54, 1.807) is 0 Å². The number of rotatable bonds is 3. The second-order valence-corrected chi connectivity index (χ2v) is 8.10. The molecule has 0 aliphatic carbocycles. The van der Waals surface area contributed by atoms with Crippen LogP contribution in [0.25, 0.3) is 0 Å². The average Bonchev–Trinajstić information content (AvgIpc) is 2.71. The summed E-state index contributed by atoms with van der Waals surface area (Å²) < 4.78 is 52.5. The van der Waals surface area contributed by atoms with Crippen LogP contribution in [-0.2, 0) is 10.0 Å². The third-order valence-electron chi connectivity index (χ3n) is 4.57. The number of carbonyl (C=O) groups excluding carboxylic acids is 1. The number of carbonyl (C=O) groups is 1. The molecule has 2 saturated heterocycles. The summed E-state index contributed by atoms with van der Waals surface area (Å²) in [5, 5.41) is 2.65. The Balaban J connectivity index is 1.73. The van der Waals surface area contributed by atoms with Crippen molar-refractivity contribution in [3.05, 3.63) is 35.4 Å². The monoisotopic (exact) mass is 344 g/mol. The molecule has 0 radical (unpaired) electrons. The van der Waals surface area contributed by atoms with Gasteiger partial charge in [0.25, 0.3) is 5.91 Å². The summed E-state index contributed by atoms with van der Waals surface area (Å²) in [5.74, 6) is -2.60. The molecule has 1 N–H and O–H groups in total. The third-order valence-corrected chi connectivity index (χ3v) is 5.94. The van der Waals surface area contributed by atoms with Crippen molar-refractivity contribution in [3.63, 3.8) is 0 Å². The van der Waals surface area contributed by atoms with Gasteiger partial charge < -0.3 is 5.32 Å². The van der Waals surface area contributed by atoms with Crippen molar-refractivity contribution in [2.24, 2.45) is 0 Å². The molecule has 8 heteroatoms. The van der Waals surface area contributed by atoms with Gasteiger partial charge in [0.15, 0.2) is 0 Å².